The summed E-state index contributed by atoms with van der Waals surface area (Å²) in [5.41, 5.74) is -1.81. The molecule has 3 aliphatic rings. The van der Waals surface area contributed by atoms with Crippen LogP contribution in [0.2, 0.25) is 0 Å². The van der Waals surface area contributed by atoms with Gasteiger partial charge in [0.1, 0.15) is 0 Å². The van der Waals surface area contributed by atoms with Gasteiger partial charge in [0.25, 0.3) is 0 Å². The first-order valence-electron chi connectivity index (χ1n) is 11.3. The Morgan fingerprint density at radius 3 is 2.45 bits per heavy atom. The second-order valence-electron chi connectivity index (χ2n) is 9.62. The maximum Gasteiger partial charge on any atom is 0.418 e. The molecule has 0 bridgehead atoms. The van der Waals surface area contributed by atoms with Crippen LogP contribution in [-0.4, -0.2) is 62.4 Å². The van der Waals surface area contributed by atoms with Crippen molar-refractivity contribution in [2.45, 2.75) is 63.3 Å². The molecule has 33 heavy (non-hydrogen) atoms. The fourth-order valence-corrected chi connectivity index (χ4v) is 6.15. The summed E-state index contributed by atoms with van der Waals surface area (Å²) in [6, 6.07) is 3.51. The van der Waals surface area contributed by atoms with E-state index in [0.29, 0.717) is 45.2 Å². The Balaban J connectivity index is 1.58. The summed E-state index contributed by atoms with van der Waals surface area (Å²) in [6.07, 6.45) is 0.561. The molecule has 2 aliphatic heterocycles. The van der Waals surface area contributed by atoms with E-state index in [1.165, 1.54) is 12.1 Å². The third-order valence-corrected chi connectivity index (χ3v) is 7.78. The van der Waals surface area contributed by atoms with Crippen molar-refractivity contribution in [1.29, 1.82) is 0 Å². The number of hydrogen-bond donors (Lipinski definition) is 2. The van der Waals surface area contributed by atoms with Crippen LogP contribution < -0.4 is 9.62 Å². The van der Waals surface area contributed by atoms with Crippen molar-refractivity contribution in [2.24, 2.45) is 5.41 Å². The molecule has 1 aliphatic carbocycles. The van der Waals surface area contributed by atoms with E-state index in [0.717, 1.165) is 25.2 Å². The van der Waals surface area contributed by atoms with Gasteiger partial charge >= 0.3 is 6.18 Å². The highest BCUT2D eigenvalue weighted by Gasteiger charge is 2.51. The number of likely N-dealkylation sites (tertiary alicyclic amines) is 1. The largest absolute Gasteiger partial charge is 0.418 e. The molecule has 0 radical (unpaired) electrons. The Morgan fingerprint density at radius 1 is 1.12 bits per heavy atom. The lowest BCUT2D eigenvalue weighted by Gasteiger charge is -2.42. The maximum absolute atomic E-state index is 13.9. The fraction of sp³-hybridized carbons (Fsp3) is 0.682. The zero-order chi connectivity index (χ0) is 24.0. The molecular weight excluding hydrogens is 459 g/mol. The van der Waals surface area contributed by atoms with Gasteiger partial charge in [0.05, 0.1) is 23.3 Å². The number of nitrogens with one attached hydrogen (secondary N) is 1. The zero-order valence-electron chi connectivity index (χ0n) is 18.6. The molecule has 0 aromatic heterocycles. The molecule has 2 N–H and O–H groups in total. The van der Waals surface area contributed by atoms with Crippen LogP contribution in [0, 0.1) is 5.41 Å². The number of halogens is 3. The van der Waals surface area contributed by atoms with Gasteiger partial charge in [-0.15, -0.1) is 0 Å². The van der Waals surface area contributed by atoms with Gasteiger partial charge in [-0.3, -0.25) is 9.52 Å². The van der Waals surface area contributed by atoms with Gasteiger partial charge in [-0.1, -0.05) is 0 Å². The topological polar surface area (TPSA) is 90.0 Å². The van der Waals surface area contributed by atoms with Crippen LogP contribution in [0.4, 0.5) is 24.5 Å². The number of carbonyl (C=O) groups excluding carboxylic acids is 1. The summed E-state index contributed by atoms with van der Waals surface area (Å²) in [6.45, 7) is 1.20. The van der Waals surface area contributed by atoms with E-state index >= 15 is 0 Å². The van der Waals surface area contributed by atoms with E-state index in [4.69, 9.17) is 0 Å². The van der Waals surface area contributed by atoms with Crippen molar-refractivity contribution in [3.05, 3.63) is 23.8 Å². The van der Waals surface area contributed by atoms with Crippen molar-refractivity contribution < 1.29 is 31.5 Å². The first-order chi connectivity index (χ1) is 15.4. The minimum atomic E-state index is -4.68. The normalized spacial score (nSPS) is 29.1. The van der Waals surface area contributed by atoms with Gasteiger partial charge in [-0.25, -0.2) is 8.42 Å². The summed E-state index contributed by atoms with van der Waals surface area (Å²) in [5.74, 6) is 0.0116. The quantitative estimate of drug-likeness (QED) is 0.678. The number of rotatable bonds is 4. The number of hydrogen-bond acceptors (Lipinski definition) is 5. The van der Waals surface area contributed by atoms with E-state index in [2.05, 4.69) is 4.72 Å². The zero-order valence-corrected chi connectivity index (χ0v) is 19.4. The molecule has 184 valence electrons. The van der Waals surface area contributed by atoms with Crippen LogP contribution in [-0.2, 0) is 21.0 Å². The molecule has 11 heteroatoms. The Kier molecular flexibility index (Phi) is 6.32. The lowest BCUT2D eigenvalue weighted by atomic mass is 9.78. The monoisotopic (exact) mass is 489 g/mol. The number of aliphatic hydroxyl groups is 1. The number of piperidine rings is 1. The van der Waals surface area contributed by atoms with E-state index in [9.17, 15) is 31.5 Å². The molecule has 2 saturated heterocycles. The lowest BCUT2D eigenvalue weighted by Crippen LogP contribution is -2.50. The number of anilines is 2. The van der Waals surface area contributed by atoms with Gasteiger partial charge in [0, 0.05) is 37.1 Å². The van der Waals surface area contributed by atoms with Crippen LogP contribution >= 0.6 is 0 Å². The SMILES string of the molecule is CS(=O)(=O)Nc1ccc(N2CCCC3(CCN(C4CCC(O)CC4)C3=O)C2)c(C(F)(F)F)c1. The van der Waals surface area contributed by atoms with E-state index < -0.39 is 27.2 Å². The molecule has 1 unspecified atom stereocenters. The minimum Gasteiger partial charge on any atom is -0.393 e. The third kappa shape index (κ3) is 5.08. The van der Waals surface area contributed by atoms with Gasteiger partial charge in [-0.05, 0) is 63.1 Å². The van der Waals surface area contributed by atoms with Crippen LogP contribution in [0.5, 0.6) is 0 Å². The van der Waals surface area contributed by atoms with Crippen molar-refractivity contribution in [2.75, 3.05) is 35.5 Å². The number of amides is 1. The van der Waals surface area contributed by atoms with Crippen LogP contribution in [0.3, 0.4) is 0 Å². The Hall–Kier alpha value is -2.01. The molecule has 2 heterocycles. The van der Waals surface area contributed by atoms with Crippen molar-refractivity contribution >= 4 is 27.3 Å². The standard InChI is InChI=1S/C22H30F3N3O4S/c1-33(31,32)26-15-3-8-19(18(13-15)22(23,24)25)27-11-2-9-21(14-27)10-12-28(20(21)30)16-4-6-17(29)7-5-16/h3,8,13,16-17,26,29H,2,4-7,9-12,14H2,1H3. The number of aliphatic hydroxyl groups excluding tert-OH is 1. The average Bonchev–Trinajstić information content (AvgIpc) is 3.02. The summed E-state index contributed by atoms with van der Waals surface area (Å²) < 4.78 is 66.7. The second kappa shape index (κ2) is 8.65. The smallest absolute Gasteiger partial charge is 0.393 e. The predicted octanol–water partition coefficient (Wildman–Crippen LogP) is 3.20. The molecule has 1 aromatic rings. The van der Waals surface area contributed by atoms with Crippen molar-refractivity contribution in [3.63, 3.8) is 0 Å². The maximum atomic E-state index is 13.9. The van der Waals surface area contributed by atoms with Gasteiger partial charge in [-0.2, -0.15) is 13.2 Å². The first-order valence-corrected chi connectivity index (χ1v) is 13.2. The molecule has 4 rings (SSSR count). The second-order valence-corrected chi connectivity index (χ2v) is 11.4. The molecule has 3 fully saturated rings. The summed E-state index contributed by atoms with van der Waals surface area (Å²) >= 11 is 0. The number of nitrogens with zero attached hydrogens (tertiary/aromatic N) is 2. The van der Waals surface area contributed by atoms with Crippen molar-refractivity contribution in [3.8, 4) is 0 Å². The summed E-state index contributed by atoms with van der Waals surface area (Å²) in [7, 11) is -3.72. The number of carbonyl (C=O) groups is 1. The molecule has 1 aromatic carbocycles. The molecular formula is C22H30F3N3O4S. The Bertz CT molecular complexity index is 1010. The molecule has 7 nitrogen and oxygen atoms in total. The third-order valence-electron chi connectivity index (χ3n) is 7.18. The first kappa shape index (κ1) is 24.1. The number of sulfonamides is 1. The Labute approximate surface area is 192 Å². The van der Waals surface area contributed by atoms with E-state index in [1.54, 1.807) is 4.90 Å². The lowest BCUT2D eigenvalue weighted by molar-refractivity contribution is -0.139. The number of benzene rings is 1. The van der Waals surface area contributed by atoms with Crippen molar-refractivity contribution in [1.82, 2.24) is 4.90 Å². The van der Waals surface area contributed by atoms with E-state index in [-0.39, 0.29) is 36.0 Å². The van der Waals surface area contributed by atoms with E-state index in [1.807, 2.05) is 4.90 Å². The van der Waals surface area contributed by atoms with Gasteiger partial charge in [0.15, 0.2) is 0 Å². The predicted molar refractivity (Wildman–Crippen MR) is 118 cm³/mol. The van der Waals surface area contributed by atoms with Gasteiger partial charge in [0.2, 0.25) is 15.9 Å². The summed E-state index contributed by atoms with van der Waals surface area (Å²) in [4.78, 5) is 17.0. The van der Waals surface area contributed by atoms with Crippen LogP contribution in [0.25, 0.3) is 0 Å². The molecule has 1 saturated carbocycles. The summed E-state index contributed by atoms with van der Waals surface area (Å²) in [5, 5.41) is 9.77. The highest BCUT2D eigenvalue weighted by molar-refractivity contribution is 7.92. The van der Waals surface area contributed by atoms with Crippen LogP contribution in [0.1, 0.15) is 50.5 Å². The number of alkyl halides is 3. The molecule has 1 spiro atoms. The molecule has 1 amide bonds. The highest BCUT2D eigenvalue weighted by Crippen LogP contribution is 2.46. The van der Waals surface area contributed by atoms with Gasteiger partial charge < -0.3 is 14.9 Å². The highest BCUT2D eigenvalue weighted by atomic mass is 32.2. The Morgan fingerprint density at radius 2 is 1.82 bits per heavy atom. The average molecular weight is 490 g/mol. The fourth-order valence-electron chi connectivity index (χ4n) is 5.60. The van der Waals surface area contributed by atoms with Crippen LogP contribution in [0.15, 0.2) is 18.2 Å². The molecule has 1 atom stereocenters. The minimum absolute atomic E-state index is 0.0116.